The summed E-state index contributed by atoms with van der Waals surface area (Å²) in [6.07, 6.45) is 0.751. The Morgan fingerprint density at radius 2 is 1.31 bits per heavy atom. The van der Waals surface area contributed by atoms with Gasteiger partial charge in [-0.05, 0) is 53.5 Å². The van der Waals surface area contributed by atoms with Crippen LogP contribution in [0.2, 0.25) is 0 Å². The molecule has 3 nitrogen and oxygen atoms in total. The average molecular weight is 436 g/mol. The smallest absolute Gasteiger partial charge is 0.190 e. The Labute approximate surface area is 194 Å². The Morgan fingerprint density at radius 1 is 0.719 bits per heavy atom. The number of aryl methyl sites for hydroxylation is 1. The van der Waals surface area contributed by atoms with Crippen LogP contribution < -0.4 is 15.8 Å². The third-order valence-electron chi connectivity index (χ3n) is 5.92. The van der Waals surface area contributed by atoms with Crippen molar-refractivity contribution in [2.45, 2.75) is 19.0 Å². The summed E-state index contributed by atoms with van der Waals surface area (Å²) in [7, 11) is 0. The van der Waals surface area contributed by atoms with Crippen LogP contribution in [0.3, 0.4) is 0 Å². The van der Waals surface area contributed by atoms with Crippen LogP contribution in [0.5, 0.6) is 0 Å². The number of hydrogen-bond acceptors (Lipinski definition) is 2. The van der Waals surface area contributed by atoms with Gasteiger partial charge in [0.15, 0.2) is 5.11 Å². The predicted molar refractivity (Wildman–Crippen MR) is 136 cm³/mol. The van der Waals surface area contributed by atoms with Crippen molar-refractivity contribution < 1.29 is 0 Å². The molecule has 1 aliphatic rings. The molecule has 4 aromatic rings. The van der Waals surface area contributed by atoms with Crippen LogP contribution in [-0.2, 0) is 12.1 Å². The van der Waals surface area contributed by atoms with Gasteiger partial charge in [0, 0.05) is 6.42 Å². The molecule has 1 aliphatic heterocycles. The molecule has 1 atom stereocenters. The molecule has 2 N–H and O–H groups in total. The van der Waals surface area contributed by atoms with Crippen LogP contribution >= 0.6 is 12.2 Å². The van der Waals surface area contributed by atoms with E-state index in [-0.39, 0.29) is 0 Å². The van der Waals surface area contributed by atoms with Crippen LogP contribution in [0.15, 0.2) is 109 Å². The lowest BCUT2D eigenvalue weighted by Gasteiger charge is -2.31. The van der Waals surface area contributed by atoms with E-state index in [0.29, 0.717) is 5.11 Å². The van der Waals surface area contributed by atoms with Crippen molar-refractivity contribution in [2.75, 3.05) is 5.01 Å². The molecular formula is C28H25N3S. The summed E-state index contributed by atoms with van der Waals surface area (Å²) in [5, 5.41) is 6.24. The van der Waals surface area contributed by atoms with Gasteiger partial charge in [0.2, 0.25) is 0 Å². The van der Waals surface area contributed by atoms with Crippen LogP contribution in [0.25, 0.3) is 11.1 Å². The highest BCUT2D eigenvalue weighted by Crippen LogP contribution is 2.32. The number of hydrazine groups is 1. The first-order chi connectivity index (χ1) is 15.6. The fraction of sp³-hybridized carbons (Fsp3) is 0.107. The molecule has 0 amide bonds. The summed E-state index contributed by atoms with van der Waals surface area (Å²) in [6.45, 7) is 2.09. The summed E-state index contributed by atoms with van der Waals surface area (Å²) in [5.74, 6) is 0. The van der Waals surface area contributed by atoms with Gasteiger partial charge in [0.1, 0.15) is 5.66 Å². The van der Waals surface area contributed by atoms with Crippen molar-refractivity contribution in [3.8, 4) is 11.1 Å². The Hall–Kier alpha value is -3.47. The van der Waals surface area contributed by atoms with Gasteiger partial charge in [-0.1, -0.05) is 103 Å². The van der Waals surface area contributed by atoms with Gasteiger partial charge in [0.25, 0.3) is 0 Å². The molecule has 0 radical (unpaired) electrons. The lowest BCUT2D eigenvalue weighted by atomic mass is 9.91. The summed E-state index contributed by atoms with van der Waals surface area (Å²) in [5.41, 5.74) is 10.2. The van der Waals surface area contributed by atoms with E-state index in [1.165, 1.54) is 22.3 Å². The number of hydrogen-bond donors (Lipinski definition) is 2. The van der Waals surface area contributed by atoms with Crippen LogP contribution in [-0.4, -0.2) is 5.11 Å². The Morgan fingerprint density at radius 3 is 1.97 bits per heavy atom. The number of thiocarbonyl (C=S) groups is 1. The number of nitrogens with zero attached hydrogens (tertiary/aromatic N) is 1. The zero-order valence-corrected chi connectivity index (χ0v) is 18.8. The van der Waals surface area contributed by atoms with E-state index in [2.05, 4.69) is 115 Å². The van der Waals surface area contributed by atoms with Crippen molar-refractivity contribution in [3.05, 3.63) is 126 Å². The van der Waals surface area contributed by atoms with Crippen LogP contribution in [0.1, 0.15) is 16.7 Å². The van der Waals surface area contributed by atoms with Crippen molar-refractivity contribution in [3.63, 3.8) is 0 Å². The standard InChI is InChI=1S/C28H25N3S/c1-21-12-18-26(19-13-21)31-27(32)29-28(30-31,20-22-8-4-2-5-9-22)25-16-14-24(15-17-25)23-10-6-3-7-11-23/h2-19,30H,20H2,1H3,(H,29,32). The SMILES string of the molecule is Cc1ccc(N2NC(Cc3ccccc3)(c3ccc(-c4ccccc4)cc3)NC2=S)cc1. The molecule has 0 aliphatic carbocycles. The maximum atomic E-state index is 5.78. The molecule has 5 rings (SSSR count). The molecule has 1 unspecified atom stereocenters. The van der Waals surface area contributed by atoms with E-state index in [0.717, 1.165) is 17.7 Å². The van der Waals surface area contributed by atoms with E-state index < -0.39 is 5.66 Å². The number of nitrogens with one attached hydrogen (secondary N) is 2. The predicted octanol–water partition coefficient (Wildman–Crippen LogP) is 5.96. The Balaban J connectivity index is 1.52. The zero-order chi connectivity index (χ0) is 22.0. The average Bonchev–Trinajstić information content (AvgIpc) is 3.18. The van der Waals surface area contributed by atoms with Gasteiger partial charge in [-0.2, -0.15) is 5.43 Å². The maximum Gasteiger partial charge on any atom is 0.190 e. The lowest BCUT2D eigenvalue weighted by Crippen LogP contribution is -2.50. The minimum Gasteiger partial charge on any atom is -0.338 e. The monoisotopic (exact) mass is 435 g/mol. The van der Waals surface area contributed by atoms with Gasteiger partial charge in [-0.15, -0.1) is 0 Å². The van der Waals surface area contributed by atoms with Crippen molar-refractivity contribution in [1.29, 1.82) is 0 Å². The second kappa shape index (κ2) is 8.58. The van der Waals surface area contributed by atoms with Gasteiger partial charge in [-0.25, -0.2) is 5.01 Å². The van der Waals surface area contributed by atoms with E-state index in [9.17, 15) is 0 Å². The Bertz CT molecular complexity index is 1210. The summed E-state index contributed by atoms with van der Waals surface area (Å²) in [6, 6.07) is 38.1. The molecule has 1 fully saturated rings. The highest BCUT2D eigenvalue weighted by molar-refractivity contribution is 7.80. The Kier molecular flexibility index (Phi) is 5.48. The maximum absolute atomic E-state index is 5.78. The minimum atomic E-state index is -0.543. The molecule has 0 aromatic heterocycles. The molecule has 1 heterocycles. The fourth-order valence-corrected chi connectivity index (χ4v) is 4.51. The van der Waals surface area contributed by atoms with Crippen molar-refractivity contribution in [2.24, 2.45) is 0 Å². The lowest BCUT2D eigenvalue weighted by molar-refractivity contribution is 0.347. The topological polar surface area (TPSA) is 27.3 Å². The van der Waals surface area contributed by atoms with E-state index in [4.69, 9.17) is 12.2 Å². The second-order valence-electron chi connectivity index (χ2n) is 8.22. The third-order valence-corrected chi connectivity index (χ3v) is 6.20. The summed E-state index contributed by atoms with van der Waals surface area (Å²) >= 11 is 5.78. The molecule has 4 aromatic carbocycles. The first kappa shape index (κ1) is 20.4. The number of rotatable bonds is 5. The molecule has 1 saturated heterocycles. The number of anilines is 1. The van der Waals surface area contributed by atoms with E-state index in [1.807, 2.05) is 17.1 Å². The van der Waals surface area contributed by atoms with Crippen LogP contribution in [0, 0.1) is 6.92 Å². The second-order valence-corrected chi connectivity index (χ2v) is 8.61. The number of benzene rings is 4. The van der Waals surface area contributed by atoms with Crippen molar-refractivity contribution in [1.82, 2.24) is 10.7 Å². The van der Waals surface area contributed by atoms with Crippen LogP contribution in [0.4, 0.5) is 5.69 Å². The molecule has 0 saturated carbocycles. The summed E-state index contributed by atoms with van der Waals surface area (Å²) in [4.78, 5) is 0. The first-order valence-electron chi connectivity index (χ1n) is 10.8. The largest absolute Gasteiger partial charge is 0.338 e. The molecule has 32 heavy (non-hydrogen) atoms. The van der Waals surface area contributed by atoms with Gasteiger partial charge >= 0.3 is 0 Å². The normalized spacial score (nSPS) is 17.9. The fourth-order valence-electron chi connectivity index (χ4n) is 4.19. The first-order valence-corrected chi connectivity index (χ1v) is 11.2. The third kappa shape index (κ3) is 4.03. The minimum absolute atomic E-state index is 0.543. The van der Waals surface area contributed by atoms with E-state index >= 15 is 0 Å². The van der Waals surface area contributed by atoms with Gasteiger partial charge < -0.3 is 5.32 Å². The molecule has 158 valence electrons. The zero-order valence-electron chi connectivity index (χ0n) is 18.0. The molecular weight excluding hydrogens is 410 g/mol. The summed E-state index contributed by atoms with van der Waals surface area (Å²) < 4.78 is 0. The van der Waals surface area contributed by atoms with Gasteiger partial charge in [0.05, 0.1) is 5.69 Å². The quantitative estimate of drug-likeness (QED) is 0.379. The van der Waals surface area contributed by atoms with Crippen molar-refractivity contribution >= 4 is 23.0 Å². The molecule has 0 bridgehead atoms. The van der Waals surface area contributed by atoms with Gasteiger partial charge in [-0.3, -0.25) is 0 Å². The molecule has 4 heteroatoms. The molecule has 0 spiro atoms. The van der Waals surface area contributed by atoms with E-state index in [1.54, 1.807) is 0 Å². The highest BCUT2D eigenvalue weighted by Gasteiger charge is 2.42. The highest BCUT2D eigenvalue weighted by atomic mass is 32.1.